The number of hydrogen-bond donors (Lipinski definition) is 1. The van der Waals surface area contributed by atoms with E-state index < -0.39 is 5.97 Å². The highest BCUT2D eigenvalue weighted by Crippen LogP contribution is 2.16. The average Bonchev–Trinajstić information content (AvgIpc) is 2.64. The molecule has 0 aliphatic carbocycles. The third-order valence-electron chi connectivity index (χ3n) is 3.36. The summed E-state index contributed by atoms with van der Waals surface area (Å²) in [5.74, 6) is 0.120. The third-order valence-corrected chi connectivity index (χ3v) is 3.36. The van der Waals surface area contributed by atoms with E-state index in [2.05, 4.69) is 17.4 Å². The average molecular weight is 336 g/mol. The Kier molecular flexibility index (Phi) is 7.08. The number of carbonyl (C=O) groups is 1. The van der Waals surface area contributed by atoms with Crippen molar-refractivity contribution >= 4 is 11.7 Å². The van der Waals surface area contributed by atoms with Crippen LogP contribution in [0.5, 0.6) is 5.75 Å². The molecule has 0 saturated carbocycles. The Morgan fingerprint density at radius 2 is 1.88 bits per heavy atom. The van der Waals surface area contributed by atoms with E-state index in [1.54, 1.807) is 6.92 Å². The first-order chi connectivity index (χ1) is 12.2. The van der Waals surface area contributed by atoms with Gasteiger partial charge in [-0.15, -0.1) is 0 Å². The zero-order valence-corrected chi connectivity index (χ0v) is 14.1. The maximum absolute atomic E-state index is 11.5. The van der Waals surface area contributed by atoms with Gasteiger partial charge in [-0.2, -0.15) is 5.26 Å². The van der Waals surface area contributed by atoms with Gasteiger partial charge in [-0.05, 0) is 36.8 Å². The normalized spacial score (nSPS) is 10.6. The van der Waals surface area contributed by atoms with Crippen LogP contribution in [0.3, 0.4) is 0 Å². The minimum Gasteiger partial charge on any atom is -0.493 e. The number of esters is 1. The van der Waals surface area contributed by atoms with E-state index >= 15 is 0 Å². The molecule has 0 fully saturated rings. The molecule has 0 atom stereocenters. The first-order valence-electron chi connectivity index (χ1n) is 8.03. The van der Waals surface area contributed by atoms with E-state index in [-0.39, 0.29) is 12.2 Å². The summed E-state index contributed by atoms with van der Waals surface area (Å²) in [6.07, 6.45) is 2.18. The summed E-state index contributed by atoms with van der Waals surface area (Å²) in [6.45, 7) is 2.52. The Balaban J connectivity index is 1.85. The van der Waals surface area contributed by atoms with Gasteiger partial charge in [0.05, 0.1) is 13.2 Å². The molecule has 0 saturated heterocycles. The topological polar surface area (TPSA) is 71.4 Å². The molecule has 0 aliphatic heterocycles. The quantitative estimate of drug-likeness (QED) is 0.452. The fraction of sp³-hybridized carbons (Fsp3) is 0.200. The number of hydrogen-bond acceptors (Lipinski definition) is 5. The molecule has 25 heavy (non-hydrogen) atoms. The van der Waals surface area contributed by atoms with Crippen LogP contribution >= 0.6 is 0 Å². The molecule has 1 N–H and O–H groups in total. The SMILES string of the molecule is CCOC(=O)/C(C#N)=C\Nc1ccc(OCCc2ccccc2)cc1. The number of nitriles is 1. The molecule has 0 heterocycles. The van der Waals surface area contributed by atoms with Crippen LogP contribution in [0.15, 0.2) is 66.4 Å². The van der Waals surface area contributed by atoms with Gasteiger partial charge in [0.25, 0.3) is 0 Å². The standard InChI is InChI=1S/C20H20N2O3/c1-2-24-20(23)17(14-21)15-22-18-8-10-19(11-9-18)25-13-12-16-6-4-3-5-7-16/h3-11,15,22H,2,12-13H2,1H3/b17-15-. The number of benzene rings is 2. The zero-order chi connectivity index (χ0) is 17.9. The Morgan fingerprint density at radius 3 is 2.52 bits per heavy atom. The predicted molar refractivity (Wildman–Crippen MR) is 96.0 cm³/mol. The second-order valence-electron chi connectivity index (χ2n) is 5.14. The van der Waals surface area contributed by atoms with Crippen molar-refractivity contribution in [3.8, 4) is 11.8 Å². The summed E-state index contributed by atoms with van der Waals surface area (Å²) in [5, 5.41) is 11.9. The fourth-order valence-corrected chi connectivity index (χ4v) is 2.08. The van der Waals surface area contributed by atoms with Crippen LogP contribution in [-0.2, 0) is 16.0 Å². The zero-order valence-electron chi connectivity index (χ0n) is 14.1. The van der Waals surface area contributed by atoms with E-state index in [1.165, 1.54) is 11.8 Å². The molecule has 0 bridgehead atoms. The van der Waals surface area contributed by atoms with Crippen LogP contribution < -0.4 is 10.1 Å². The van der Waals surface area contributed by atoms with Crippen molar-refractivity contribution in [2.24, 2.45) is 0 Å². The lowest BCUT2D eigenvalue weighted by Gasteiger charge is -2.08. The van der Waals surface area contributed by atoms with Gasteiger partial charge in [-0.1, -0.05) is 30.3 Å². The molecule has 2 rings (SSSR count). The van der Waals surface area contributed by atoms with Crippen molar-refractivity contribution in [1.82, 2.24) is 0 Å². The van der Waals surface area contributed by atoms with Gasteiger partial charge in [0.1, 0.15) is 11.8 Å². The lowest BCUT2D eigenvalue weighted by atomic mass is 10.2. The molecule has 0 aliphatic rings. The number of nitrogens with zero attached hydrogens (tertiary/aromatic N) is 1. The van der Waals surface area contributed by atoms with Crippen molar-refractivity contribution < 1.29 is 14.3 Å². The summed E-state index contributed by atoms with van der Waals surface area (Å²) in [6, 6.07) is 19.2. The van der Waals surface area contributed by atoms with Crippen LogP contribution in [-0.4, -0.2) is 19.2 Å². The summed E-state index contributed by atoms with van der Waals surface area (Å²) in [5.41, 5.74) is 1.89. The summed E-state index contributed by atoms with van der Waals surface area (Å²) in [4.78, 5) is 11.5. The van der Waals surface area contributed by atoms with Crippen molar-refractivity contribution in [2.45, 2.75) is 13.3 Å². The van der Waals surface area contributed by atoms with Crippen molar-refractivity contribution in [1.29, 1.82) is 5.26 Å². The lowest BCUT2D eigenvalue weighted by molar-refractivity contribution is -0.138. The van der Waals surface area contributed by atoms with Crippen molar-refractivity contribution in [2.75, 3.05) is 18.5 Å². The minimum absolute atomic E-state index is 0.0787. The number of ether oxygens (including phenoxy) is 2. The number of rotatable bonds is 8. The first kappa shape index (κ1) is 18.1. The smallest absolute Gasteiger partial charge is 0.350 e. The highest BCUT2D eigenvalue weighted by Gasteiger charge is 2.08. The second-order valence-corrected chi connectivity index (χ2v) is 5.14. The van der Waals surface area contributed by atoms with Gasteiger partial charge < -0.3 is 14.8 Å². The molecule has 0 radical (unpaired) electrons. The van der Waals surface area contributed by atoms with Gasteiger partial charge in [0, 0.05) is 18.3 Å². The Morgan fingerprint density at radius 1 is 1.16 bits per heavy atom. The molecule has 0 unspecified atom stereocenters. The fourth-order valence-electron chi connectivity index (χ4n) is 2.08. The highest BCUT2D eigenvalue weighted by molar-refractivity contribution is 5.93. The highest BCUT2D eigenvalue weighted by atomic mass is 16.5. The molecule has 128 valence electrons. The minimum atomic E-state index is -0.640. The number of nitrogens with one attached hydrogen (secondary N) is 1. The Hall–Kier alpha value is -3.26. The molecule has 5 heteroatoms. The molecular weight excluding hydrogens is 316 g/mol. The van der Waals surface area contributed by atoms with Crippen LogP contribution in [0.4, 0.5) is 5.69 Å². The van der Waals surface area contributed by atoms with Crippen LogP contribution in [0.2, 0.25) is 0 Å². The summed E-state index contributed by atoms with van der Waals surface area (Å²) < 4.78 is 10.5. The molecule has 0 spiro atoms. The maximum atomic E-state index is 11.5. The van der Waals surface area contributed by atoms with Crippen LogP contribution in [0.1, 0.15) is 12.5 Å². The summed E-state index contributed by atoms with van der Waals surface area (Å²) >= 11 is 0. The van der Waals surface area contributed by atoms with Crippen LogP contribution in [0.25, 0.3) is 0 Å². The molecule has 0 aromatic heterocycles. The first-order valence-corrected chi connectivity index (χ1v) is 8.03. The van der Waals surface area contributed by atoms with Crippen LogP contribution in [0, 0.1) is 11.3 Å². The maximum Gasteiger partial charge on any atom is 0.350 e. The molecule has 2 aromatic carbocycles. The third kappa shape index (κ3) is 6.04. The van der Waals surface area contributed by atoms with E-state index in [0.717, 1.165) is 17.9 Å². The second kappa shape index (κ2) is 9.78. The Bertz CT molecular complexity index is 747. The van der Waals surface area contributed by atoms with E-state index in [9.17, 15) is 4.79 Å². The summed E-state index contributed by atoms with van der Waals surface area (Å²) in [7, 11) is 0. The monoisotopic (exact) mass is 336 g/mol. The largest absolute Gasteiger partial charge is 0.493 e. The van der Waals surface area contributed by atoms with Crippen molar-refractivity contribution in [3.63, 3.8) is 0 Å². The van der Waals surface area contributed by atoms with Gasteiger partial charge in [0.15, 0.2) is 5.57 Å². The van der Waals surface area contributed by atoms with E-state index in [4.69, 9.17) is 14.7 Å². The number of carbonyl (C=O) groups excluding carboxylic acids is 1. The Labute approximate surface area is 147 Å². The predicted octanol–water partition coefficient (Wildman–Crippen LogP) is 3.69. The van der Waals surface area contributed by atoms with Crippen molar-refractivity contribution in [3.05, 3.63) is 71.9 Å². The van der Waals surface area contributed by atoms with E-state index in [1.807, 2.05) is 48.5 Å². The molecule has 0 amide bonds. The molecule has 5 nitrogen and oxygen atoms in total. The lowest BCUT2D eigenvalue weighted by Crippen LogP contribution is -2.07. The number of anilines is 1. The molecular formula is C20H20N2O3. The van der Waals surface area contributed by atoms with Gasteiger partial charge >= 0.3 is 5.97 Å². The molecule has 2 aromatic rings. The van der Waals surface area contributed by atoms with Gasteiger partial charge in [0.2, 0.25) is 0 Å². The van der Waals surface area contributed by atoms with E-state index in [0.29, 0.717) is 6.61 Å². The van der Waals surface area contributed by atoms with Gasteiger partial charge in [-0.25, -0.2) is 4.79 Å². The van der Waals surface area contributed by atoms with Gasteiger partial charge in [-0.3, -0.25) is 0 Å².